The lowest BCUT2D eigenvalue weighted by molar-refractivity contribution is -0.131. The summed E-state index contributed by atoms with van der Waals surface area (Å²) in [6, 6.07) is 11.6. The normalized spacial score (nSPS) is 14.8. The number of hydrogen-bond acceptors (Lipinski definition) is 2. The van der Waals surface area contributed by atoms with Gasteiger partial charge in [0.2, 0.25) is 11.8 Å². The highest BCUT2D eigenvalue weighted by molar-refractivity contribution is 6.40. The van der Waals surface area contributed by atoms with Crippen LogP contribution in [0.15, 0.2) is 42.5 Å². The van der Waals surface area contributed by atoms with Gasteiger partial charge in [0.05, 0.1) is 15.7 Å². The molecule has 1 saturated carbocycles. The minimum absolute atomic E-state index is 0.316. The highest BCUT2D eigenvalue weighted by atomic mass is 35.5. The Hall–Kier alpha value is -1.75. The molecule has 0 aromatic heterocycles. The molecule has 2 aromatic rings. The summed E-state index contributed by atoms with van der Waals surface area (Å²) in [7, 11) is 0. The van der Waals surface area contributed by atoms with Crippen LogP contribution >= 0.6 is 34.8 Å². The number of halogens is 3. The molecule has 1 fully saturated rings. The van der Waals surface area contributed by atoms with Crippen LogP contribution in [0.25, 0.3) is 0 Å². The Balaban J connectivity index is 1.74. The van der Waals surface area contributed by atoms with Crippen LogP contribution in [-0.2, 0) is 9.59 Å². The van der Waals surface area contributed by atoms with Gasteiger partial charge >= 0.3 is 0 Å². The van der Waals surface area contributed by atoms with E-state index >= 15 is 0 Å². The van der Waals surface area contributed by atoms with Gasteiger partial charge in [0.15, 0.2) is 0 Å². The van der Waals surface area contributed by atoms with Crippen molar-refractivity contribution in [2.45, 2.75) is 12.8 Å². The van der Waals surface area contributed by atoms with Crippen molar-refractivity contribution in [3.8, 4) is 0 Å². The molecule has 4 nitrogen and oxygen atoms in total. The van der Waals surface area contributed by atoms with E-state index in [1.807, 2.05) is 0 Å². The van der Waals surface area contributed by atoms with E-state index in [4.69, 9.17) is 34.8 Å². The third-order valence-corrected chi connectivity index (χ3v) is 4.80. The second-order valence-electron chi connectivity index (χ2n) is 5.59. The van der Waals surface area contributed by atoms with Crippen molar-refractivity contribution >= 4 is 58.0 Å². The second kappa shape index (κ2) is 6.63. The molecule has 2 N–H and O–H groups in total. The highest BCUT2D eigenvalue weighted by Gasteiger charge is 2.56. The van der Waals surface area contributed by atoms with Crippen LogP contribution in [0.3, 0.4) is 0 Å². The van der Waals surface area contributed by atoms with Crippen molar-refractivity contribution in [3.05, 3.63) is 57.5 Å². The molecule has 24 heavy (non-hydrogen) atoms. The number of benzene rings is 2. The van der Waals surface area contributed by atoms with Crippen molar-refractivity contribution in [1.29, 1.82) is 0 Å². The smallest absolute Gasteiger partial charge is 0.240 e. The molecule has 0 aliphatic heterocycles. The standard InChI is InChI=1S/C17H13Cl3N2O2/c18-10-4-6-11(7-5-10)21-15(23)17(8-9-17)16(24)22-14-12(19)2-1-3-13(14)20/h1-7H,8-9H2,(H,21,23)(H,22,24). The zero-order valence-corrected chi connectivity index (χ0v) is 14.7. The Morgan fingerprint density at radius 1 is 0.833 bits per heavy atom. The molecular weight excluding hydrogens is 371 g/mol. The summed E-state index contributed by atoms with van der Waals surface area (Å²) in [4.78, 5) is 25.1. The van der Waals surface area contributed by atoms with Gasteiger partial charge in [0.25, 0.3) is 0 Å². The van der Waals surface area contributed by atoms with Crippen LogP contribution in [-0.4, -0.2) is 11.8 Å². The first-order chi connectivity index (χ1) is 11.4. The summed E-state index contributed by atoms with van der Waals surface area (Å²) in [6.45, 7) is 0. The van der Waals surface area contributed by atoms with Crippen LogP contribution in [0.5, 0.6) is 0 Å². The zero-order chi connectivity index (χ0) is 17.3. The van der Waals surface area contributed by atoms with Crippen molar-refractivity contribution < 1.29 is 9.59 Å². The molecule has 1 aliphatic rings. The lowest BCUT2D eigenvalue weighted by Crippen LogP contribution is -2.35. The third kappa shape index (κ3) is 3.36. The topological polar surface area (TPSA) is 58.2 Å². The molecule has 124 valence electrons. The van der Waals surface area contributed by atoms with Gasteiger partial charge in [-0.05, 0) is 49.2 Å². The summed E-state index contributed by atoms with van der Waals surface area (Å²) in [5.41, 5.74) is -0.196. The molecule has 2 amide bonds. The maximum Gasteiger partial charge on any atom is 0.240 e. The van der Waals surface area contributed by atoms with Crippen LogP contribution in [0.4, 0.5) is 11.4 Å². The van der Waals surface area contributed by atoms with Crippen molar-refractivity contribution in [1.82, 2.24) is 0 Å². The SMILES string of the molecule is O=C(Nc1ccc(Cl)cc1)C1(C(=O)Nc2c(Cl)cccc2Cl)CC1. The first-order valence-corrected chi connectivity index (χ1v) is 8.38. The van der Waals surface area contributed by atoms with E-state index in [-0.39, 0.29) is 5.91 Å². The van der Waals surface area contributed by atoms with E-state index in [0.717, 1.165) is 0 Å². The monoisotopic (exact) mass is 382 g/mol. The van der Waals surface area contributed by atoms with Crippen molar-refractivity contribution in [3.63, 3.8) is 0 Å². The predicted molar refractivity (Wildman–Crippen MR) is 96.8 cm³/mol. The Morgan fingerprint density at radius 3 is 1.92 bits per heavy atom. The van der Waals surface area contributed by atoms with Gasteiger partial charge in [-0.3, -0.25) is 9.59 Å². The van der Waals surface area contributed by atoms with Crippen molar-refractivity contribution in [2.24, 2.45) is 5.41 Å². The number of para-hydroxylation sites is 1. The van der Waals surface area contributed by atoms with Gasteiger partial charge in [-0.25, -0.2) is 0 Å². The molecule has 0 saturated heterocycles. The number of hydrogen-bond donors (Lipinski definition) is 2. The largest absolute Gasteiger partial charge is 0.325 e. The summed E-state index contributed by atoms with van der Waals surface area (Å²) in [5.74, 6) is -0.769. The zero-order valence-electron chi connectivity index (χ0n) is 12.4. The van der Waals surface area contributed by atoms with Gasteiger partial charge in [-0.1, -0.05) is 40.9 Å². The van der Waals surface area contributed by atoms with E-state index in [0.29, 0.717) is 39.3 Å². The van der Waals surface area contributed by atoms with E-state index in [2.05, 4.69) is 10.6 Å². The predicted octanol–water partition coefficient (Wildman–Crippen LogP) is 5.00. The molecule has 1 aliphatic carbocycles. The van der Waals surface area contributed by atoms with Gasteiger partial charge in [-0.2, -0.15) is 0 Å². The second-order valence-corrected chi connectivity index (χ2v) is 6.84. The number of anilines is 2. The maximum absolute atomic E-state index is 12.6. The van der Waals surface area contributed by atoms with Crippen LogP contribution < -0.4 is 10.6 Å². The van der Waals surface area contributed by atoms with Gasteiger partial charge < -0.3 is 10.6 Å². The molecule has 0 bridgehead atoms. The summed E-state index contributed by atoms with van der Waals surface area (Å²) in [6.07, 6.45) is 0.945. The Bertz CT molecular complexity index is 782. The highest BCUT2D eigenvalue weighted by Crippen LogP contribution is 2.48. The number of amides is 2. The van der Waals surface area contributed by atoms with Crippen LogP contribution in [0.2, 0.25) is 15.1 Å². The fraction of sp³-hybridized carbons (Fsp3) is 0.176. The fourth-order valence-electron chi connectivity index (χ4n) is 2.32. The number of carbonyl (C=O) groups excluding carboxylic acids is 2. The van der Waals surface area contributed by atoms with Gasteiger partial charge in [0.1, 0.15) is 5.41 Å². The van der Waals surface area contributed by atoms with Crippen LogP contribution in [0, 0.1) is 5.41 Å². The van der Waals surface area contributed by atoms with Crippen LogP contribution in [0.1, 0.15) is 12.8 Å². The summed E-state index contributed by atoms with van der Waals surface area (Å²) < 4.78 is 0. The molecule has 7 heteroatoms. The summed E-state index contributed by atoms with van der Waals surface area (Å²) in [5, 5.41) is 6.63. The minimum Gasteiger partial charge on any atom is -0.325 e. The Labute approximate surface area is 154 Å². The number of carbonyl (C=O) groups is 2. The maximum atomic E-state index is 12.6. The van der Waals surface area contributed by atoms with E-state index < -0.39 is 11.3 Å². The first-order valence-electron chi connectivity index (χ1n) is 7.25. The lowest BCUT2D eigenvalue weighted by Gasteiger charge is -2.16. The van der Waals surface area contributed by atoms with E-state index in [9.17, 15) is 9.59 Å². The lowest BCUT2D eigenvalue weighted by atomic mass is 10.0. The first kappa shape index (κ1) is 17.1. The molecule has 0 atom stereocenters. The quantitative estimate of drug-likeness (QED) is 0.730. The van der Waals surface area contributed by atoms with Crippen molar-refractivity contribution in [2.75, 3.05) is 10.6 Å². The average molecular weight is 384 g/mol. The van der Waals surface area contributed by atoms with Gasteiger partial charge in [-0.15, -0.1) is 0 Å². The third-order valence-electron chi connectivity index (χ3n) is 3.92. The molecule has 3 rings (SSSR count). The van der Waals surface area contributed by atoms with Gasteiger partial charge in [0, 0.05) is 10.7 Å². The minimum atomic E-state index is -1.10. The molecule has 0 spiro atoms. The fourth-order valence-corrected chi connectivity index (χ4v) is 2.93. The number of nitrogens with one attached hydrogen (secondary N) is 2. The Morgan fingerprint density at radius 2 is 1.38 bits per heavy atom. The molecule has 2 aromatic carbocycles. The van der Waals surface area contributed by atoms with E-state index in [1.165, 1.54) is 0 Å². The average Bonchev–Trinajstić information content (AvgIpc) is 3.35. The summed E-state index contributed by atoms with van der Waals surface area (Å²) >= 11 is 17.9. The molecule has 0 unspecified atom stereocenters. The molecule has 0 radical (unpaired) electrons. The Kier molecular flexibility index (Phi) is 4.72. The number of rotatable bonds is 4. The molecular formula is C17H13Cl3N2O2. The van der Waals surface area contributed by atoms with E-state index in [1.54, 1.807) is 42.5 Å². The molecule has 0 heterocycles.